The average molecular weight is 240 g/mol. The predicted octanol–water partition coefficient (Wildman–Crippen LogP) is 1.36. The van der Waals surface area contributed by atoms with Crippen LogP contribution in [-0.4, -0.2) is 42.3 Å². The summed E-state index contributed by atoms with van der Waals surface area (Å²) in [5, 5.41) is 3.35. The zero-order valence-electron chi connectivity index (χ0n) is 11.1. The molecule has 2 heterocycles. The lowest BCUT2D eigenvalue weighted by atomic mass is 9.98. The first-order chi connectivity index (χ1) is 8.17. The lowest BCUT2D eigenvalue weighted by molar-refractivity contribution is -0.130. The van der Waals surface area contributed by atoms with Crippen molar-refractivity contribution in [3.05, 3.63) is 0 Å². The molecule has 1 N–H and O–H groups in total. The Morgan fingerprint density at radius 2 is 2.18 bits per heavy atom. The van der Waals surface area contributed by atoms with Crippen LogP contribution in [0.2, 0.25) is 0 Å². The van der Waals surface area contributed by atoms with Gasteiger partial charge in [0.05, 0.1) is 18.3 Å². The number of amides is 1. The van der Waals surface area contributed by atoms with Gasteiger partial charge in [-0.2, -0.15) is 0 Å². The third-order valence-electron chi connectivity index (χ3n) is 4.04. The highest BCUT2D eigenvalue weighted by Gasteiger charge is 2.38. The Kier molecular flexibility index (Phi) is 4.05. The van der Waals surface area contributed by atoms with Crippen LogP contribution in [0.4, 0.5) is 0 Å². The second-order valence-electron chi connectivity index (χ2n) is 5.17. The summed E-state index contributed by atoms with van der Waals surface area (Å²) in [6.07, 6.45) is 3.67. The van der Waals surface area contributed by atoms with E-state index in [1.54, 1.807) is 0 Å². The van der Waals surface area contributed by atoms with Crippen molar-refractivity contribution in [1.29, 1.82) is 0 Å². The first-order valence-electron chi connectivity index (χ1n) is 6.85. The minimum absolute atomic E-state index is 0.0256. The fraction of sp³-hybridized carbons (Fsp3) is 0.923. The molecule has 2 aliphatic heterocycles. The van der Waals surface area contributed by atoms with E-state index in [2.05, 4.69) is 19.2 Å². The van der Waals surface area contributed by atoms with Crippen LogP contribution in [0.5, 0.6) is 0 Å². The molecular formula is C13H24N2O2. The second-order valence-corrected chi connectivity index (χ2v) is 5.17. The van der Waals surface area contributed by atoms with Crippen molar-refractivity contribution in [3.8, 4) is 0 Å². The van der Waals surface area contributed by atoms with Gasteiger partial charge < -0.3 is 9.64 Å². The van der Waals surface area contributed by atoms with Crippen LogP contribution in [0.1, 0.15) is 40.0 Å². The van der Waals surface area contributed by atoms with Gasteiger partial charge in [-0.3, -0.25) is 10.1 Å². The van der Waals surface area contributed by atoms with Gasteiger partial charge in [-0.05, 0) is 26.2 Å². The summed E-state index contributed by atoms with van der Waals surface area (Å²) in [4.78, 5) is 14.1. The van der Waals surface area contributed by atoms with E-state index >= 15 is 0 Å². The van der Waals surface area contributed by atoms with Crippen molar-refractivity contribution in [2.24, 2.45) is 5.92 Å². The molecule has 0 saturated carbocycles. The van der Waals surface area contributed by atoms with E-state index in [0.717, 1.165) is 32.4 Å². The fourth-order valence-corrected chi connectivity index (χ4v) is 3.01. The van der Waals surface area contributed by atoms with E-state index in [9.17, 15) is 4.79 Å². The molecule has 98 valence electrons. The Bertz CT molecular complexity index is 283. The Morgan fingerprint density at radius 1 is 1.41 bits per heavy atom. The molecule has 17 heavy (non-hydrogen) atoms. The van der Waals surface area contributed by atoms with Gasteiger partial charge in [-0.25, -0.2) is 0 Å². The zero-order valence-corrected chi connectivity index (χ0v) is 11.1. The molecule has 4 nitrogen and oxygen atoms in total. The molecule has 2 aliphatic rings. The van der Waals surface area contributed by atoms with Gasteiger partial charge in [0.1, 0.15) is 0 Å². The highest BCUT2D eigenvalue weighted by molar-refractivity contribution is 5.83. The van der Waals surface area contributed by atoms with Crippen LogP contribution in [0.25, 0.3) is 0 Å². The maximum atomic E-state index is 12.1. The molecular weight excluding hydrogens is 216 g/mol. The summed E-state index contributed by atoms with van der Waals surface area (Å²) >= 11 is 0. The third kappa shape index (κ3) is 2.47. The standard InChI is InChI=1S/C13H24N2O2/c1-4-11-10(6-7-17-11)8-15-12(5-2)14-9(3)13(15)16/h9-12,14H,4-8H2,1-3H3. The summed E-state index contributed by atoms with van der Waals surface area (Å²) in [6.45, 7) is 7.94. The van der Waals surface area contributed by atoms with Crippen molar-refractivity contribution in [2.75, 3.05) is 13.2 Å². The first-order valence-corrected chi connectivity index (χ1v) is 6.85. The summed E-state index contributed by atoms with van der Waals surface area (Å²) in [5.74, 6) is 0.767. The highest BCUT2D eigenvalue weighted by atomic mass is 16.5. The molecule has 0 aromatic heterocycles. The number of nitrogens with one attached hydrogen (secondary N) is 1. The Hall–Kier alpha value is -0.610. The average Bonchev–Trinajstić information content (AvgIpc) is 2.88. The summed E-state index contributed by atoms with van der Waals surface area (Å²) < 4.78 is 5.70. The normalized spacial score (nSPS) is 38.1. The Balaban J connectivity index is 1.99. The van der Waals surface area contributed by atoms with Crippen molar-refractivity contribution >= 4 is 5.91 Å². The number of rotatable bonds is 4. The number of hydrogen-bond acceptors (Lipinski definition) is 3. The molecule has 0 radical (unpaired) electrons. The van der Waals surface area contributed by atoms with Gasteiger partial charge in [0.15, 0.2) is 0 Å². The molecule has 2 saturated heterocycles. The van der Waals surface area contributed by atoms with Crippen LogP contribution < -0.4 is 5.32 Å². The van der Waals surface area contributed by atoms with E-state index in [1.165, 1.54) is 0 Å². The Morgan fingerprint density at radius 3 is 2.82 bits per heavy atom. The van der Waals surface area contributed by atoms with Crippen molar-refractivity contribution in [2.45, 2.75) is 58.3 Å². The van der Waals surface area contributed by atoms with Crippen LogP contribution in [0, 0.1) is 5.92 Å². The fourth-order valence-electron chi connectivity index (χ4n) is 3.01. The molecule has 0 aliphatic carbocycles. The van der Waals surface area contributed by atoms with Gasteiger partial charge in [-0.1, -0.05) is 13.8 Å². The van der Waals surface area contributed by atoms with Gasteiger partial charge in [0.2, 0.25) is 5.91 Å². The van der Waals surface area contributed by atoms with Crippen LogP contribution in [-0.2, 0) is 9.53 Å². The predicted molar refractivity (Wildman–Crippen MR) is 66.5 cm³/mol. The molecule has 4 heteroatoms. The largest absolute Gasteiger partial charge is 0.378 e. The van der Waals surface area contributed by atoms with Gasteiger partial charge in [0, 0.05) is 19.1 Å². The SMILES string of the molecule is CCC1OCCC1CN1C(=O)C(C)NC1CC. The highest BCUT2D eigenvalue weighted by Crippen LogP contribution is 2.26. The second kappa shape index (κ2) is 5.36. The molecule has 0 aromatic carbocycles. The molecule has 1 amide bonds. The van der Waals surface area contributed by atoms with Crippen LogP contribution >= 0.6 is 0 Å². The molecule has 0 bridgehead atoms. The van der Waals surface area contributed by atoms with Crippen molar-refractivity contribution < 1.29 is 9.53 Å². The molecule has 4 unspecified atom stereocenters. The van der Waals surface area contributed by atoms with Crippen LogP contribution in [0.15, 0.2) is 0 Å². The number of nitrogens with zero attached hydrogens (tertiary/aromatic N) is 1. The maximum absolute atomic E-state index is 12.1. The van der Waals surface area contributed by atoms with E-state index in [0.29, 0.717) is 12.0 Å². The summed E-state index contributed by atoms with van der Waals surface area (Å²) in [5.41, 5.74) is 0. The first kappa shape index (κ1) is 12.8. The van der Waals surface area contributed by atoms with Crippen molar-refractivity contribution in [3.63, 3.8) is 0 Å². The molecule has 2 rings (SSSR count). The molecule has 0 spiro atoms. The molecule has 4 atom stereocenters. The minimum Gasteiger partial charge on any atom is -0.378 e. The quantitative estimate of drug-likeness (QED) is 0.806. The van der Waals surface area contributed by atoms with E-state index < -0.39 is 0 Å². The van der Waals surface area contributed by atoms with E-state index in [1.807, 2.05) is 11.8 Å². The summed E-state index contributed by atoms with van der Waals surface area (Å²) in [6, 6.07) is -0.0256. The lowest BCUT2D eigenvalue weighted by Crippen LogP contribution is -2.41. The van der Waals surface area contributed by atoms with E-state index in [-0.39, 0.29) is 18.1 Å². The Labute approximate surface area is 104 Å². The number of hydrogen-bond donors (Lipinski definition) is 1. The summed E-state index contributed by atoms with van der Waals surface area (Å²) in [7, 11) is 0. The lowest BCUT2D eigenvalue weighted by Gasteiger charge is -2.28. The van der Waals surface area contributed by atoms with Crippen molar-refractivity contribution in [1.82, 2.24) is 10.2 Å². The molecule has 0 aromatic rings. The minimum atomic E-state index is -0.0256. The number of carbonyl (C=O) groups excluding carboxylic acids is 1. The topological polar surface area (TPSA) is 41.6 Å². The molecule has 2 fully saturated rings. The van der Waals surface area contributed by atoms with Gasteiger partial charge in [-0.15, -0.1) is 0 Å². The number of ether oxygens (including phenoxy) is 1. The third-order valence-corrected chi connectivity index (χ3v) is 4.04. The number of carbonyl (C=O) groups is 1. The zero-order chi connectivity index (χ0) is 12.4. The smallest absolute Gasteiger partial charge is 0.240 e. The monoisotopic (exact) mass is 240 g/mol. The van der Waals surface area contributed by atoms with Gasteiger partial charge >= 0.3 is 0 Å². The van der Waals surface area contributed by atoms with Gasteiger partial charge in [0.25, 0.3) is 0 Å². The van der Waals surface area contributed by atoms with Crippen LogP contribution in [0.3, 0.4) is 0 Å². The van der Waals surface area contributed by atoms with E-state index in [4.69, 9.17) is 4.74 Å². The maximum Gasteiger partial charge on any atom is 0.240 e.